The number of halogens is 1. The zero-order valence-electron chi connectivity index (χ0n) is 22.3. The Hall–Kier alpha value is -4.62. The quantitative estimate of drug-likeness (QED) is 0.205. The van der Waals surface area contributed by atoms with Gasteiger partial charge in [0.1, 0.15) is 12.2 Å². The number of carbonyl (C=O) groups is 3. The van der Waals surface area contributed by atoms with Crippen molar-refractivity contribution in [3.05, 3.63) is 106 Å². The van der Waals surface area contributed by atoms with Crippen LogP contribution in [0.15, 0.2) is 78.4 Å². The summed E-state index contributed by atoms with van der Waals surface area (Å²) in [5.41, 5.74) is 3.76. The second-order valence-electron chi connectivity index (χ2n) is 9.38. The van der Waals surface area contributed by atoms with Gasteiger partial charge >= 0.3 is 6.03 Å². The average molecular weight is 555 g/mol. The van der Waals surface area contributed by atoms with Crippen molar-refractivity contribution < 1.29 is 23.9 Å². The molecule has 0 aromatic heterocycles. The molecule has 40 heavy (non-hydrogen) atoms. The highest BCUT2D eigenvalue weighted by atomic mass is 35.5. The van der Waals surface area contributed by atoms with Crippen LogP contribution < -0.4 is 19.7 Å². The maximum absolute atomic E-state index is 13.3. The first-order chi connectivity index (χ1) is 19.3. The van der Waals surface area contributed by atoms with Crippen LogP contribution in [0.25, 0.3) is 16.8 Å². The summed E-state index contributed by atoms with van der Waals surface area (Å²) in [6, 6.07) is 21.6. The lowest BCUT2D eigenvalue weighted by atomic mass is 10.0. The number of nitrogens with one attached hydrogen (secondary N) is 1. The van der Waals surface area contributed by atoms with Gasteiger partial charge < -0.3 is 9.47 Å². The molecular formula is C32H27ClN2O5. The van der Waals surface area contributed by atoms with Gasteiger partial charge in [0.15, 0.2) is 11.5 Å². The molecule has 0 atom stereocenters. The molecular weight excluding hydrogens is 528 g/mol. The summed E-state index contributed by atoms with van der Waals surface area (Å²) in [5.74, 6) is -0.854. The summed E-state index contributed by atoms with van der Waals surface area (Å²) >= 11 is 6.62. The molecule has 5 rings (SSSR count). The van der Waals surface area contributed by atoms with Crippen molar-refractivity contribution in [1.29, 1.82) is 0 Å². The van der Waals surface area contributed by atoms with Crippen molar-refractivity contribution in [3.63, 3.8) is 0 Å². The van der Waals surface area contributed by atoms with Gasteiger partial charge in [-0.3, -0.25) is 14.9 Å². The zero-order chi connectivity index (χ0) is 28.4. The van der Waals surface area contributed by atoms with Gasteiger partial charge in [-0.25, -0.2) is 9.69 Å². The lowest BCUT2D eigenvalue weighted by Crippen LogP contribution is -2.54. The number of urea groups is 1. The standard InChI is InChI=1S/C32H27ClN2O5/c1-4-20-10-13-23(14-11-20)35-31(37)25(30(36)34-32(35)38)15-21-16-27(33)29(28(17-21)39-3)40-18-26-19(2)9-12-22-7-5-6-8-24(22)26/h5-17H,4,18H2,1-3H3,(H,34,36,38)/b25-15+. The Kier molecular flexibility index (Phi) is 7.58. The number of aryl methyl sites for hydroxylation is 2. The minimum absolute atomic E-state index is 0.211. The Balaban J connectivity index is 1.45. The van der Waals surface area contributed by atoms with Crippen LogP contribution in [0.4, 0.5) is 10.5 Å². The van der Waals surface area contributed by atoms with Crippen molar-refractivity contribution in [2.45, 2.75) is 26.9 Å². The Morgan fingerprint density at radius 3 is 2.45 bits per heavy atom. The van der Waals surface area contributed by atoms with Gasteiger partial charge in [-0.2, -0.15) is 0 Å². The minimum atomic E-state index is -0.806. The number of hydrogen-bond donors (Lipinski definition) is 1. The molecule has 8 heteroatoms. The van der Waals surface area contributed by atoms with Gasteiger partial charge in [0, 0.05) is 5.56 Å². The Morgan fingerprint density at radius 1 is 0.975 bits per heavy atom. The summed E-state index contributed by atoms with van der Waals surface area (Å²) in [5, 5.41) is 4.68. The monoisotopic (exact) mass is 554 g/mol. The molecule has 4 aromatic rings. The predicted octanol–water partition coefficient (Wildman–Crippen LogP) is 6.62. The van der Waals surface area contributed by atoms with Crippen LogP contribution in [0.5, 0.6) is 11.5 Å². The van der Waals surface area contributed by atoms with E-state index < -0.39 is 17.8 Å². The van der Waals surface area contributed by atoms with Crippen molar-refractivity contribution >= 4 is 52.0 Å². The molecule has 0 spiro atoms. The SMILES string of the molecule is CCc1ccc(N2C(=O)NC(=O)/C(=C\c3cc(Cl)c(OCc4c(C)ccc5ccccc45)c(OC)c3)C2=O)cc1. The van der Waals surface area contributed by atoms with Crippen molar-refractivity contribution in [1.82, 2.24) is 5.32 Å². The number of methoxy groups -OCH3 is 1. The summed E-state index contributed by atoms with van der Waals surface area (Å²) < 4.78 is 11.7. The largest absolute Gasteiger partial charge is 0.493 e. The molecule has 202 valence electrons. The first-order valence-electron chi connectivity index (χ1n) is 12.8. The van der Waals surface area contributed by atoms with Crippen LogP contribution in [-0.2, 0) is 22.6 Å². The van der Waals surface area contributed by atoms with E-state index in [4.69, 9.17) is 21.1 Å². The van der Waals surface area contributed by atoms with Gasteiger partial charge in [-0.15, -0.1) is 0 Å². The highest BCUT2D eigenvalue weighted by Gasteiger charge is 2.36. The van der Waals surface area contributed by atoms with Crippen molar-refractivity contribution in [3.8, 4) is 11.5 Å². The molecule has 1 saturated heterocycles. The van der Waals surface area contributed by atoms with E-state index in [1.807, 2.05) is 56.3 Å². The number of fused-ring (bicyclic) bond motifs is 1. The number of hydrogen-bond acceptors (Lipinski definition) is 5. The number of nitrogens with zero attached hydrogens (tertiary/aromatic N) is 1. The fourth-order valence-corrected chi connectivity index (χ4v) is 4.96. The van der Waals surface area contributed by atoms with Gasteiger partial charge in [-0.1, -0.05) is 67.1 Å². The fourth-order valence-electron chi connectivity index (χ4n) is 4.68. The number of amides is 4. The molecule has 0 bridgehead atoms. The van der Waals surface area contributed by atoms with E-state index >= 15 is 0 Å². The van der Waals surface area contributed by atoms with E-state index in [0.29, 0.717) is 22.7 Å². The first-order valence-corrected chi connectivity index (χ1v) is 13.2. The Morgan fingerprint density at radius 2 is 1.73 bits per heavy atom. The van der Waals surface area contributed by atoms with Gasteiger partial charge in [-0.05, 0) is 71.1 Å². The predicted molar refractivity (Wildman–Crippen MR) is 156 cm³/mol. The lowest BCUT2D eigenvalue weighted by Gasteiger charge is -2.26. The number of anilines is 1. The molecule has 1 N–H and O–H groups in total. The van der Waals surface area contributed by atoms with E-state index in [0.717, 1.165) is 38.8 Å². The molecule has 0 aliphatic carbocycles. The maximum Gasteiger partial charge on any atom is 0.335 e. The van der Waals surface area contributed by atoms with Crippen LogP contribution in [0.2, 0.25) is 5.02 Å². The molecule has 1 aliphatic heterocycles. The maximum atomic E-state index is 13.3. The third kappa shape index (κ3) is 5.16. The molecule has 1 fully saturated rings. The van der Waals surface area contributed by atoms with E-state index in [9.17, 15) is 14.4 Å². The van der Waals surface area contributed by atoms with E-state index in [2.05, 4.69) is 11.4 Å². The summed E-state index contributed by atoms with van der Waals surface area (Å²) in [6.07, 6.45) is 2.19. The third-order valence-electron chi connectivity index (χ3n) is 6.90. The second-order valence-corrected chi connectivity index (χ2v) is 9.79. The lowest BCUT2D eigenvalue weighted by molar-refractivity contribution is -0.122. The van der Waals surface area contributed by atoms with Gasteiger partial charge in [0.25, 0.3) is 11.8 Å². The van der Waals surface area contributed by atoms with Crippen molar-refractivity contribution in [2.75, 3.05) is 12.0 Å². The van der Waals surface area contributed by atoms with Crippen LogP contribution in [0.3, 0.4) is 0 Å². The number of carbonyl (C=O) groups excluding carboxylic acids is 3. The van der Waals surface area contributed by atoms with Crippen molar-refractivity contribution in [2.24, 2.45) is 0 Å². The summed E-state index contributed by atoms with van der Waals surface area (Å²) in [4.78, 5) is 39.5. The Bertz CT molecular complexity index is 1680. The molecule has 0 radical (unpaired) electrons. The highest BCUT2D eigenvalue weighted by Crippen LogP contribution is 2.38. The van der Waals surface area contributed by atoms with Crippen LogP contribution in [0, 0.1) is 6.92 Å². The average Bonchev–Trinajstić information content (AvgIpc) is 2.95. The van der Waals surface area contributed by atoms with Crippen LogP contribution in [0.1, 0.15) is 29.2 Å². The van der Waals surface area contributed by atoms with E-state index in [1.54, 1.807) is 24.3 Å². The minimum Gasteiger partial charge on any atom is -0.493 e. The van der Waals surface area contributed by atoms with E-state index in [1.165, 1.54) is 13.2 Å². The van der Waals surface area contributed by atoms with E-state index in [-0.39, 0.29) is 17.2 Å². The smallest absolute Gasteiger partial charge is 0.335 e. The normalized spacial score (nSPS) is 14.6. The molecule has 7 nitrogen and oxygen atoms in total. The number of rotatable bonds is 7. The molecule has 4 amide bonds. The highest BCUT2D eigenvalue weighted by molar-refractivity contribution is 6.39. The fraction of sp³-hybridized carbons (Fsp3) is 0.156. The Labute approximate surface area is 237 Å². The first kappa shape index (κ1) is 27.0. The molecule has 0 saturated carbocycles. The molecule has 1 aliphatic rings. The number of benzene rings is 4. The third-order valence-corrected chi connectivity index (χ3v) is 7.18. The van der Waals surface area contributed by atoms with Crippen LogP contribution >= 0.6 is 11.6 Å². The summed E-state index contributed by atoms with van der Waals surface area (Å²) in [7, 11) is 1.48. The molecule has 1 heterocycles. The van der Waals surface area contributed by atoms with Crippen LogP contribution in [-0.4, -0.2) is 25.0 Å². The van der Waals surface area contributed by atoms with Gasteiger partial charge in [0.2, 0.25) is 0 Å². The second kappa shape index (κ2) is 11.2. The molecule has 4 aromatic carbocycles. The topological polar surface area (TPSA) is 84.9 Å². The number of barbiturate groups is 1. The zero-order valence-corrected chi connectivity index (χ0v) is 23.0. The number of ether oxygens (including phenoxy) is 2. The molecule has 0 unspecified atom stereocenters. The summed E-state index contributed by atoms with van der Waals surface area (Å²) in [6.45, 7) is 4.30. The van der Waals surface area contributed by atoms with Gasteiger partial charge in [0.05, 0.1) is 17.8 Å². The number of imide groups is 2.